The van der Waals surface area contributed by atoms with E-state index in [4.69, 9.17) is 27.9 Å². The summed E-state index contributed by atoms with van der Waals surface area (Å²) in [6.45, 7) is 16.4. The van der Waals surface area contributed by atoms with Gasteiger partial charge in [0.2, 0.25) is 8.32 Å². The van der Waals surface area contributed by atoms with Gasteiger partial charge in [-0.15, -0.1) is 0 Å². The van der Waals surface area contributed by atoms with Gasteiger partial charge in [0.1, 0.15) is 11.4 Å². The van der Waals surface area contributed by atoms with Crippen LogP contribution in [0.4, 0.5) is 0 Å². The number of hydrogen-bond donors (Lipinski definition) is 0. The molecule has 0 radical (unpaired) electrons. The van der Waals surface area contributed by atoms with Crippen LogP contribution >= 0.6 is 0 Å². The van der Waals surface area contributed by atoms with E-state index in [2.05, 4.69) is 57.0 Å². The van der Waals surface area contributed by atoms with Crippen molar-refractivity contribution in [1.29, 1.82) is 0 Å². The Balaban J connectivity index is 1.55. The van der Waals surface area contributed by atoms with Crippen molar-refractivity contribution in [3.63, 3.8) is 0 Å². The standard InChI is InChI=1S/C31H47N3O7SSi/c1-22(40-42(6,35)36)21-37-15-16-38-23(2)24-17-25(20-32-19-24)30-27-18-26(41-43(7,8)31(3,4)5)12-13-28(27)34(33-30)29-11-9-10-14-39-29/h12-13,17-20,22-23,29H,9-11,14-16,21H2,1-8H3/t22-,23+,29?/m1/s1. The highest BCUT2D eigenvalue weighted by Crippen LogP contribution is 2.40. The zero-order chi connectivity index (χ0) is 31.4. The fraction of sp³-hybridized carbons (Fsp3) is 0.613. The topological polar surface area (TPSA) is 111 Å². The van der Waals surface area contributed by atoms with E-state index in [-0.39, 0.29) is 24.0 Å². The molecule has 0 amide bonds. The molecule has 0 spiro atoms. The van der Waals surface area contributed by atoms with E-state index < -0.39 is 24.5 Å². The second-order valence-corrected chi connectivity index (χ2v) is 19.2. The summed E-state index contributed by atoms with van der Waals surface area (Å²) in [7, 11) is -5.56. The largest absolute Gasteiger partial charge is 0.543 e. The van der Waals surface area contributed by atoms with Gasteiger partial charge in [-0.05, 0) is 81.1 Å². The number of benzene rings is 1. The van der Waals surface area contributed by atoms with Crippen LogP contribution in [0.15, 0.2) is 36.7 Å². The van der Waals surface area contributed by atoms with Gasteiger partial charge >= 0.3 is 0 Å². The minimum absolute atomic E-state index is 0.0759. The van der Waals surface area contributed by atoms with Crippen LogP contribution < -0.4 is 4.43 Å². The number of aromatic nitrogens is 3. The summed E-state index contributed by atoms with van der Waals surface area (Å²) in [4.78, 5) is 4.54. The molecular formula is C31H47N3O7SSi. The molecule has 1 aliphatic heterocycles. The normalized spacial score (nSPS) is 18.1. The summed E-state index contributed by atoms with van der Waals surface area (Å²) in [5, 5.41) is 6.16. The lowest BCUT2D eigenvalue weighted by Gasteiger charge is -2.36. The maximum absolute atomic E-state index is 11.2. The van der Waals surface area contributed by atoms with Crippen LogP contribution in [0.2, 0.25) is 18.1 Å². The van der Waals surface area contributed by atoms with Gasteiger partial charge in [-0.3, -0.25) is 9.17 Å². The van der Waals surface area contributed by atoms with Crippen molar-refractivity contribution >= 4 is 29.3 Å². The fourth-order valence-corrected chi connectivity index (χ4v) is 6.42. The zero-order valence-electron chi connectivity index (χ0n) is 26.8. The van der Waals surface area contributed by atoms with E-state index in [1.165, 1.54) is 0 Å². The molecular weight excluding hydrogens is 587 g/mol. The molecule has 3 heterocycles. The predicted octanol–water partition coefficient (Wildman–Crippen LogP) is 6.64. The number of rotatable bonds is 13. The van der Waals surface area contributed by atoms with Crippen molar-refractivity contribution in [2.45, 2.75) is 90.4 Å². The fourth-order valence-electron chi connectivity index (χ4n) is 4.75. The van der Waals surface area contributed by atoms with Crippen molar-refractivity contribution in [2.24, 2.45) is 0 Å². The molecule has 1 saturated heterocycles. The number of fused-ring (bicyclic) bond motifs is 1. The van der Waals surface area contributed by atoms with Crippen LogP contribution in [-0.4, -0.2) is 70.3 Å². The Bertz CT molecular complexity index is 1480. The lowest BCUT2D eigenvalue weighted by molar-refractivity contribution is -0.0365. The first-order chi connectivity index (χ1) is 20.1. The molecule has 0 N–H and O–H groups in total. The molecule has 12 heteroatoms. The second kappa shape index (κ2) is 13.7. The highest BCUT2D eigenvalue weighted by atomic mass is 32.2. The summed E-state index contributed by atoms with van der Waals surface area (Å²) in [5.41, 5.74) is 3.64. The predicted molar refractivity (Wildman–Crippen MR) is 170 cm³/mol. The van der Waals surface area contributed by atoms with E-state index in [1.807, 2.05) is 23.9 Å². The molecule has 1 aliphatic rings. The highest BCUT2D eigenvalue weighted by molar-refractivity contribution is 7.86. The molecule has 3 atom stereocenters. The van der Waals surface area contributed by atoms with Crippen molar-refractivity contribution in [1.82, 2.24) is 14.8 Å². The maximum Gasteiger partial charge on any atom is 0.264 e. The first-order valence-electron chi connectivity index (χ1n) is 15.0. The molecule has 1 fully saturated rings. The van der Waals surface area contributed by atoms with Gasteiger partial charge in [-0.1, -0.05) is 20.8 Å². The number of hydrogen-bond acceptors (Lipinski definition) is 9. The molecule has 1 aromatic carbocycles. The molecule has 4 rings (SSSR count). The van der Waals surface area contributed by atoms with Crippen LogP contribution in [0, 0.1) is 0 Å². The van der Waals surface area contributed by atoms with Crippen LogP contribution in [0.5, 0.6) is 5.75 Å². The van der Waals surface area contributed by atoms with E-state index in [1.54, 1.807) is 13.1 Å². The van der Waals surface area contributed by atoms with Crippen LogP contribution in [0.1, 0.15) is 71.8 Å². The maximum atomic E-state index is 11.2. The van der Waals surface area contributed by atoms with Crippen molar-refractivity contribution in [3.8, 4) is 17.0 Å². The lowest BCUT2D eigenvalue weighted by Crippen LogP contribution is -2.43. The van der Waals surface area contributed by atoms with Gasteiger partial charge < -0.3 is 18.6 Å². The van der Waals surface area contributed by atoms with Gasteiger partial charge in [0.05, 0.1) is 43.8 Å². The van der Waals surface area contributed by atoms with E-state index in [9.17, 15) is 8.42 Å². The molecule has 1 unspecified atom stereocenters. The van der Waals surface area contributed by atoms with Gasteiger partial charge in [0, 0.05) is 30.0 Å². The molecule has 0 saturated carbocycles. The Kier molecular flexibility index (Phi) is 10.7. The van der Waals surface area contributed by atoms with Crippen LogP contribution in [-0.2, 0) is 28.5 Å². The Morgan fingerprint density at radius 2 is 1.88 bits per heavy atom. The van der Waals surface area contributed by atoms with Crippen LogP contribution in [0.3, 0.4) is 0 Å². The highest BCUT2D eigenvalue weighted by Gasteiger charge is 2.39. The van der Waals surface area contributed by atoms with E-state index >= 15 is 0 Å². The summed E-state index contributed by atoms with van der Waals surface area (Å²) >= 11 is 0. The van der Waals surface area contributed by atoms with E-state index in [0.717, 1.165) is 65.6 Å². The first kappa shape index (κ1) is 33.5. The smallest absolute Gasteiger partial charge is 0.264 e. The Morgan fingerprint density at radius 1 is 1.12 bits per heavy atom. The third-order valence-corrected chi connectivity index (χ3v) is 13.1. The second-order valence-electron chi connectivity index (χ2n) is 12.9. The van der Waals surface area contributed by atoms with Gasteiger partial charge in [0.25, 0.3) is 10.1 Å². The minimum atomic E-state index is -3.52. The SMILES string of the molecule is C[C@H](COCCO[C@@H](C)c1cncc(-c2nn(C3CCCCO3)c3ccc(O[Si](C)(C)C(C)(C)C)cc23)c1)OS(C)(=O)=O. The Hall–Kier alpha value is -2.35. The molecule has 0 aliphatic carbocycles. The summed E-state index contributed by atoms with van der Waals surface area (Å²) in [6.07, 6.45) is 6.83. The molecule has 3 aromatic rings. The van der Waals surface area contributed by atoms with E-state index in [0.29, 0.717) is 13.2 Å². The average molecular weight is 634 g/mol. The van der Waals surface area contributed by atoms with Gasteiger partial charge in [-0.25, -0.2) is 4.68 Å². The number of pyridine rings is 1. The summed E-state index contributed by atoms with van der Waals surface area (Å²) in [6, 6.07) is 8.32. The van der Waals surface area contributed by atoms with Crippen molar-refractivity contribution < 1.29 is 31.2 Å². The average Bonchev–Trinajstić information content (AvgIpc) is 3.30. The minimum Gasteiger partial charge on any atom is -0.543 e. The van der Waals surface area contributed by atoms with Gasteiger partial charge in [-0.2, -0.15) is 13.5 Å². The molecule has 43 heavy (non-hydrogen) atoms. The first-order valence-corrected chi connectivity index (χ1v) is 19.7. The molecule has 238 valence electrons. The number of nitrogens with zero attached hydrogens (tertiary/aromatic N) is 3. The monoisotopic (exact) mass is 633 g/mol. The quantitative estimate of drug-likeness (QED) is 0.116. The van der Waals surface area contributed by atoms with Crippen molar-refractivity contribution in [2.75, 3.05) is 32.7 Å². The lowest BCUT2D eigenvalue weighted by atomic mass is 10.1. The third kappa shape index (κ3) is 8.86. The summed E-state index contributed by atoms with van der Waals surface area (Å²) < 4.78 is 53.7. The van der Waals surface area contributed by atoms with Crippen molar-refractivity contribution in [3.05, 3.63) is 42.2 Å². The van der Waals surface area contributed by atoms with Crippen LogP contribution in [0.25, 0.3) is 22.2 Å². The molecule has 10 nitrogen and oxygen atoms in total. The number of ether oxygens (including phenoxy) is 3. The molecule has 0 bridgehead atoms. The summed E-state index contributed by atoms with van der Waals surface area (Å²) in [5.74, 6) is 0.849. The Labute approximate surface area is 257 Å². The molecule has 2 aromatic heterocycles. The third-order valence-electron chi connectivity index (χ3n) is 8.07. The zero-order valence-corrected chi connectivity index (χ0v) is 28.6. The Morgan fingerprint density at radius 3 is 2.56 bits per heavy atom. The van der Waals surface area contributed by atoms with Gasteiger partial charge in [0.15, 0.2) is 6.23 Å².